The first-order valence-corrected chi connectivity index (χ1v) is 8.09. The Morgan fingerprint density at radius 1 is 1.09 bits per heavy atom. The van der Waals surface area contributed by atoms with Gasteiger partial charge in [-0.3, -0.25) is 15.6 Å². The lowest BCUT2D eigenvalue weighted by Crippen LogP contribution is -2.44. The Kier molecular flexibility index (Phi) is 6.52. The van der Waals surface area contributed by atoms with Crippen molar-refractivity contribution >= 4 is 44.9 Å². The zero-order chi connectivity index (χ0) is 16.7. The van der Waals surface area contributed by atoms with Gasteiger partial charge in [-0.2, -0.15) is 0 Å². The number of para-hydroxylation sites is 1. The third-order valence-electron chi connectivity index (χ3n) is 2.98. The van der Waals surface area contributed by atoms with Crippen molar-refractivity contribution in [3.63, 3.8) is 0 Å². The van der Waals surface area contributed by atoms with Crippen LogP contribution >= 0.6 is 28.1 Å². The molecule has 2 aromatic carbocycles. The lowest BCUT2D eigenvalue weighted by atomic mass is 10.1. The average Bonchev–Trinajstić information content (AvgIpc) is 2.54. The fourth-order valence-corrected chi connectivity index (χ4v) is 2.27. The Hall–Kier alpha value is -1.96. The molecule has 1 atom stereocenters. The van der Waals surface area contributed by atoms with E-state index in [0.717, 1.165) is 10.2 Å². The lowest BCUT2D eigenvalue weighted by molar-refractivity contribution is -0.123. The maximum absolute atomic E-state index is 11.8. The van der Waals surface area contributed by atoms with Crippen molar-refractivity contribution < 1.29 is 9.90 Å². The van der Waals surface area contributed by atoms with Gasteiger partial charge in [-0.15, -0.1) is 0 Å². The van der Waals surface area contributed by atoms with Gasteiger partial charge < -0.3 is 10.4 Å². The SMILES string of the molecule is O=C(CC(O)c1ccc(Br)cc1)NNC(=S)Nc1ccccc1. The minimum atomic E-state index is -0.874. The number of benzene rings is 2. The fourth-order valence-electron chi connectivity index (χ4n) is 1.84. The maximum Gasteiger partial charge on any atom is 0.241 e. The summed E-state index contributed by atoms with van der Waals surface area (Å²) in [5.74, 6) is -0.363. The minimum Gasteiger partial charge on any atom is -0.388 e. The Labute approximate surface area is 148 Å². The lowest BCUT2D eigenvalue weighted by Gasteiger charge is -2.14. The molecular weight excluding hydrogens is 378 g/mol. The normalized spacial score (nSPS) is 11.4. The van der Waals surface area contributed by atoms with Crippen LogP contribution in [-0.4, -0.2) is 16.1 Å². The molecule has 0 aromatic heterocycles. The number of nitrogens with one attached hydrogen (secondary N) is 3. The van der Waals surface area contributed by atoms with E-state index in [1.54, 1.807) is 12.1 Å². The van der Waals surface area contributed by atoms with E-state index in [4.69, 9.17) is 12.2 Å². The van der Waals surface area contributed by atoms with Crippen LogP contribution in [0.2, 0.25) is 0 Å². The number of halogens is 1. The summed E-state index contributed by atoms with van der Waals surface area (Å²) in [6, 6.07) is 16.5. The molecule has 5 nitrogen and oxygen atoms in total. The standard InChI is InChI=1S/C16H16BrN3O2S/c17-12-8-6-11(7-9-12)14(21)10-15(22)19-20-16(23)18-13-4-2-1-3-5-13/h1-9,14,21H,10H2,(H,19,22)(H2,18,20,23). The molecular formula is C16H16BrN3O2S. The third kappa shape index (κ3) is 5.97. The molecule has 0 saturated carbocycles. The van der Waals surface area contributed by atoms with Gasteiger partial charge in [0.1, 0.15) is 0 Å². The van der Waals surface area contributed by atoms with Gasteiger partial charge in [0, 0.05) is 10.2 Å². The highest BCUT2D eigenvalue weighted by Crippen LogP contribution is 2.19. The quantitative estimate of drug-likeness (QED) is 0.474. The van der Waals surface area contributed by atoms with Crippen molar-refractivity contribution in [1.29, 1.82) is 0 Å². The number of aliphatic hydroxyl groups excluding tert-OH is 1. The molecule has 0 saturated heterocycles. The molecule has 2 aromatic rings. The minimum absolute atomic E-state index is 0.0669. The molecule has 0 fully saturated rings. The average molecular weight is 394 g/mol. The molecule has 0 bridgehead atoms. The molecule has 7 heteroatoms. The summed E-state index contributed by atoms with van der Waals surface area (Å²) in [7, 11) is 0. The summed E-state index contributed by atoms with van der Waals surface area (Å²) >= 11 is 8.39. The van der Waals surface area contributed by atoms with Crippen molar-refractivity contribution in [3.05, 3.63) is 64.6 Å². The number of thiocarbonyl (C=S) groups is 1. The molecule has 0 heterocycles. The van der Waals surface area contributed by atoms with E-state index in [9.17, 15) is 9.90 Å². The fraction of sp³-hybridized carbons (Fsp3) is 0.125. The van der Waals surface area contributed by atoms with Gasteiger partial charge in [0.2, 0.25) is 5.91 Å². The topological polar surface area (TPSA) is 73.4 Å². The van der Waals surface area contributed by atoms with E-state index in [0.29, 0.717) is 5.56 Å². The second-order valence-electron chi connectivity index (χ2n) is 4.76. The summed E-state index contributed by atoms with van der Waals surface area (Å²) < 4.78 is 0.914. The van der Waals surface area contributed by atoms with Crippen LogP contribution in [0.1, 0.15) is 18.1 Å². The van der Waals surface area contributed by atoms with Crippen LogP contribution in [-0.2, 0) is 4.79 Å². The first-order chi connectivity index (χ1) is 11.0. The van der Waals surface area contributed by atoms with Crippen LogP contribution in [0.5, 0.6) is 0 Å². The van der Waals surface area contributed by atoms with E-state index in [1.165, 1.54) is 0 Å². The molecule has 0 aliphatic heterocycles. The van der Waals surface area contributed by atoms with Gasteiger partial charge in [0.15, 0.2) is 5.11 Å². The molecule has 0 spiro atoms. The molecule has 0 radical (unpaired) electrons. The number of amides is 1. The highest BCUT2D eigenvalue weighted by atomic mass is 79.9. The molecule has 0 aliphatic rings. The van der Waals surface area contributed by atoms with E-state index in [2.05, 4.69) is 32.1 Å². The second-order valence-corrected chi connectivity index (χ2v) is 6.09. The Balaban J connectivity index is 1.76. The monoisotopic (exact) mass is 393 g/mol. The van der Waals surface area contributed by atoms with Crippen LogP contribution in [0.15, 0.2) is 59.1 Å². The van der Waals surface area contributed by atoms with Crippen LogP contribution < -0.4 is 16.2 Å². The van der Waals surface area contributed by atoms with Crippen LogP contribution in [0.4, 0.5) is 5.69 Å². The summed E-state index contributed by atoms with van der Waals surface area (Å²) in [6.07, 6.45) is -0.941. The van der Waals surface area contributed by atoms with E-state index in [1.807, 2.05) is 42.5 Å². The first kappa shape index (κ1) is 17.4. The molecule has 120 valence electrons. The highest BCUT2D eigenvalue weighted by Gasteiger charge is 2.13. The predicted molar refractivity (Wildman–Crippen MR) is 97.7 cm³/mol. The van der Waals surface area contributed by atoms with Crippen molar-refractivity contribution in [2.75, 3.05) is 5.32 Å². The third-order valence-corrected chi connectivity index (χ3v) is 3.71. The highest BCUT2D eigenvalue weighted by molar-refractivity contribution is 9.10. The smallest absolute Gasteiger partial charge is 0.241 e. The van der Waals surface area contributed by atoms with Crippen molar-refractivity contribution in [2.24, 2.45) is 0 Å². The molecule has 1 amide bonds. The van der Waals surface area contributed by atoms with E-state index < -0.39 is 6.10 Å². The van der Waals surface area contributed by atoms with Gasteiger partial charge in [0.25, 0.3) is 0 Å². The second kappa shape index (κ2) is 8.61. The summed E-state index contributed by atoms with van der Waals surface area (Å²) in [4.78, 5) is 11.8. The van der Waals surface area contributed by atoms with Crippen LogP contribution in [0, 0.1) is 0 Å². The number of hydrogen-bond donors (Lipinski definition) is 4. The maximum atomic E-state index is 11.8. The molecule has 4 N–H and O–H groups in total. The molecule has 1 unspecified atom stereocenters. The number of anilines is 1. The summed E-state index contributed by atoms with van der Waals surface area (Å²) in [5.41, 5.74) is 6.54. The molecule has 23 heavy (non-hydrogen) atoms. The Morgan fingerprint density at radius 3 is 2.39 bits per heavy atom. The van der Waals surface area contributed by atoms with E-state index in [-0.39, 0.29) is 17.4 Å². The predicted octanol–water partition coefficient (Wildman–Crippen LogP) is 2.89. The van der Waals surface area contributed by atoms with Gasteiger partial charge in [-0.05, 0) is 42.0 Å². The van der Waals surface area contributed by atoms with Gasteiger partial charge in [0.05, 0.1) is 12.5 Å². The van der Waals surface area contributed by atoms with Crippen molar-refractivity contribution in [1.82, 2.24) is 10.9 Å². The number of hydrogen-bond acceptors (Lipinski definition) is 3. The number of aliphatic hydroxyl groups is 1. The first-order valence-electron chi connectivity index (χ1n) is 6.89. The zero-order valence-corrected chi connectivity index (χ0v) is 14.5. The molecule has 2 rings (SSSR count). The number of rotatable bonds is 4. The van der Waals surface area contributed by atoms with Crippen LogP contribution in [0.3, 0.4) is 0 Å². The van der Waals surface area contributed by atoms with E-state index >= 15 is 0 Å². The van der Waals surface area contributed by atoms with Gasteiger partial charge in [-0.25, -0.2) is 0 Å². The molecule has 0 aliphatic carbocycles. The zero-order valence-electron chi connectivity index (χ0n) is 12.1. The van der Waals surface area contributed by atoms with Gasteiger partial charge >= 0.3 is 0 Å². The number of hydrazine groups is 1. The van der Waals surface area contributed by atoms with Crippen molar-refractivity contribution in [3.8, 4) is 0 Å². The largest absolute Gasteiger partial charge is 0.388 e. The number of carbonyl (C=O) groups excluding carboxylic acids is 1. The van der Waals surface area contributed by atoms with Crippen molar-refractivity contribution in [2.45, 2.75) is 12.5 Å². The summed E-state index contributed by atoms with van der Waals surface area (Å²) in [6.45, 7) is 0. The summed E-state index contributed by atoms with van der Waals surface area (Å²) in [5, 5.41) is 13.2. The van der Waals surface area contributed by atoms with Gasteiger partial charge in [-0.1, -0.05) is 46.3 Å². The number of carbonyl (C=O) groups is 1. The Morgan fingerprint density at radius 2 is 1.74 bits per heavy atom. The van der Waals surface area contributed by atoms with Crippen LogP contribution in [0.25, 0.3) is 0 Å². The Bertz CT molecular complexity index is 665.